The predicted molar refractivity (Wildman–Crippen MR) is 83.1 cm³/mol. The van der Waals surface area contributed by atoms with Gasteiger partial charge in [0.25, 0.3) is 5.91 Å². The Bertz CT molecular complexity index is 622. The average molecular weight is 271 g/mol. The molecule has 0 radical (unpaired) electrons. The van der Waals surface area contributed by atoms with Crippen molar-refractivity contribution in [2.24, 2.45) is 5.92 Å². The summed E-state index contributed by atoms with van der Waals surface area (Å²) in [6, 6.07) is 9.71. The van der Waals surface area contributed by atoms with Gasteiger partial charge >= 0.3 is 0 Å². The predicted octanol–water partition coefficient (Wildman–Crippen LogP) is 3.05. The molecule has 4 heteroatoms. The molecule has 0 saturated heterocycles. The third-order valence-corrected chi connectivity index (χ3v) is 3.58. The van der Waals surface area contributed by atoms with E-state index < -0.39 is 0 Å². The lowest BCUT2D eigenvalue weighted by molar-refractivity contribution is 0.0926. The van der Waals surface area contributed by atoms with Gasteiger partial charge in [-0.15, -0.1) is 0 Å². The molecule has 0 fully saturated rings. The van der Waals surface area contributed by atoms with Crippen molar-refractivity contribution in [1.29, 1.82) is 0 Å². The molecule has 0 saturated carbocycles. The summed E-state index contributed by atoms with van der Waals surface area (Å²) in [5, 5.41) is 7.12. The number of amides is 1. The lowest BCUT2D eigenvalue weighted by Gasteiger charge is -2.17. The molecule has 0 aliphatic carbocycles. The van der Waals surface area contributed by atoms with Crippen molar-refractivity contribution in [2.75, 3.05) is 12.4 Å². The van der Waals surface area contributed by atoms with Gasteiger partial charge in [0, 0.05) is 24.2 Å². The molecular weight excluding hydrogens is 250 g/mol. The molecule has 0 spiro atoms. The van der Waals surface area contributed by atoms with Crippen LogP contribution in [0.3, 0.4) is 0 Å². The Morgan fingerprint density at radius 2 is 1.90 bits per heavy atom. The van der Waals surface area contributed by atoms with Crippen LogP contribution in [0.4, 0.5) is 5.69 Å². The SMILES string of the molecule is CNc1cc(C(=O)NC(C)C(C)C)nc2ccccc12. The Morgan fingerprint density at radius 3 is 2.55 bits per heavy atom. The van der Waals surface area contributed by atoms with Crippen LogP contribution >= 0.6 is 0 Å². The third-order valence-electron chi connectivity index (χ3n) is 3.58. The van der Waals surface area contributed by atoms with E-state index in [2.05, 4.69) is 29.5 Å². The minimum absolute atomic E-state index is 0.119. The molecule has 0 aliphatic heterocycles. The van der Waals surface area contributed by atoms with Crippen molar-refractivity contribution in [3.05, 3.63) is 36.0 Å². The highest BCUT2D eigenvalue weighted by Gasteiger charge is 2.15. The fourth-order valence-corrected chi connectivity index (χ4v) is 1.95. The van der Waals surface area contributed by atoms with Crippen molar-refractivity contribution in [3.63, 3.8) is 0 Å². The Hall–Kier alpha value is -2.10. The maximum absolute atomic E-state index is 12.3. The number of pyridine rings is 1. The van der Waals surface area contributed by atoms with E-state index in [0.717, 1.165) is 16.6 Å². The maximum Gasteiger partial charge on any atom is 0.270 e. The highest BCUT2D eigenvalue weighted by atomic mass is 16.1. The van der Waals surface area contributed by atoms with E-state index in [4.69, 9.17) is 0 Å². The minimum atomic E-state index is -0.131. The molecule has 4 nitrogen and oxygen atoms in total. The van der Waals surface area contributed by atoms with Gasteiger partial charge in [-0.05, 0) is 25.0 Å². The van der Waals surface area contributed by atoms with Crippen molar-refractivity contribution < 1.29 is 4.79 Å². The molecule has 1 aromatic heterocycles. The van der Waals surface area contributed by atoms with Crippen molar-refractivity contribution in [3.8, 4) is 0 Å². The number of rotatable bonds is 4. The molecule has 1 aromatic carbocycles. The lowest BCUT2D eigenvalue weighted by atomic mass is 10.1. The Kier molecular flexibility index (Phi) is 4.23. The topological polar surface area (TPSA) is 54.0 Å². The molecule has 0 bridgehead atoms. The average Bonchev–Trinajstić information content (AvgIpc) is 2.45. The summed E-state index contributed by atoms with van der Waals surface area (Å²) in [7, 11) is 1.85. The van der Waals surface area contributed by atoms with E-state index in [1.807, 2.05) is 38.2 Å². The molecule has 2 rings (SSSR count). The Labute approximate surface area is 119 Å². The number of nitrogens with zero attached hydrogens (tertiary/aromatic N) is 1. The molecule has 2 aromatic rings. The zero-order chi connectivity index (χ0) is 14.7. The van der Waals surface area contributed by atoms with Gasteiger partial charge in [0.15, 0.2) is 0 Å². The van der Waals surface area contributed by atoms with Gasteiger partial charge in [-0.2, -0.15) is 0 Å². The lowest BCUT2D eigenvalue weighted by Crippen LogP contribution is -2.36. The summed E-state index contributed by atoms with van der Waals surface area (Å²) < 4.78 is 0. The monoisotopic (exact) mass is 271 g/mol. The smallest absolute Gasteiger partial charge is 0.270 e. The molecule has 1 unspecified atom stereocenters. The van der Waals surface area contributed by atoms with Gasteiger partial charge in [-0.1, -0.05) is 32.0 Å². The zero-order valence-corrected chi connectivity index (χ0v) is 12.4. The number of carbonyl (C=O) groups is 1. The van der Waals surface area contributed by atoms with Crippen molar-refractivity contribution >= 4 is 22.5 Å². The number of fused-ring (bicyclic) bond motifs is 1. The molecule has 1 heterocycles. The zero-order valence-electron chi connectivity index (χ0n) is 12.4. The van der Waals surface area contributed by atoms with E-state index in [1.165, 1.54) is 0 Å². The summed E-state index contributed by atoms with van der Waals surface area (Å²) >= 11 is 0. The van der Waals surface area contributed by atoms with Crippen molar-refractivity contribution in [1.82, 2.24) is 10.3 Å². The summed E-state index contributed by atoms with van der Waals surface area (Å²) in [6.07, 6.45) is 0. The first-order chi connectivity index (χ1) is 9.52. The van der Waals surface area contributed by atoms with Crippen LogP contribution in [0, 0.1) is 5.92 Å². The second kappa shape index (κ2) is 5.90. The van der Waals surface area contributed by atoms with Crippen LogP contribution in [0.1, 0.15) is 31.3 Å². The number of para-hydroxylation sites is 1. The van der Waals surface area contributed by atoms with Gasteiger partial charge in [0.2, 0.25) is 0 Å². The molecule has 0 aliphatic rings. The quantitative estimate of drug-likeness (QED) is 0.898. The van der Waals surface area contributed by atoms with Crippen LogP contribution in [0.2, 0.25) is 0 Å². The summed E-state index contributed by atoms with van der Waals surface area (Å²) in [4.78, 5) is 16.7. The molecule has 1 amide bonds. The summed E-state index contributed by atoms with van der Waals surface area (Å²) in [5.74, 6) is 0.261. The number of benzene rings is 1. The van der Waals surface area contributed by atoms with Crippen LogP contribution in [0.25, 0.3) is 10.9 Å². The molecular formula is C16H21N3O. The third kappa shape index (κ3) is 2.90. The van der Waals surface area contributed by atoms with Crippen LogP contribution in [0.15, 0.2) is 30.3 Å². The van der Waals surface area contributed by atoms with Gasteiger partial charge in [0.1, 0.15) is 5.69 Å². The van der Waals surface area contributed by atoms with Crippen LogP contribution in [0.5, 0.6) is 0 Å². The summed E-state index contributed by atoms with van der Waals surface area (Å²) in [6.45, 7) is 6.16. The largest absolute Gasteiger partial charge is 0.388 e. The van der Waals surface area contributed by atoms with Gasteiger partial charge < -0.3 is 10.6 Å². The van der Waals surface area contributed by atoms with E-state index in [0.29, 0.717) is 11.6 Å². The minimum Gasteiger partial charge on any atom is -0.388 e. The van der Waals surface area contributed by atoms with Crippen LogP contribution < -0.4 is 10.6 Å². The maximum atomic E-state index is 12.3. The van der Waals surface area contributed by atoms with Crippen LogP contribution in [-0.4, -0.2) is 24.0 Å². The number of hydrogen-bond acceptors (Lipinski definition) is 3. The van der Waals surface area contributed by atoms with E-state index in [-0.39, 0.29) is 11.9 Å². The van der Waals surface area contributed by atoms with E-state index in [1.54, 1.807) is 6.07 Å². The fraction of sp³-hybridized carbons (Fsp3) is 0.375. The number of carbonyl (C=O) groups excluding carboxylic acids is 1. The number of aromatic nitrogens is 1. The van der Waals surface area contributed by atoms with Gasteiger partial charge in [0.05, 0.1) is 5.52 Å². The molecule has 1 atom stereocenters. The Morgan fingerprint density at radius 1 is 1.20 bits per heavy atom. The summed E-state index contributed by atoms with van der Waals surface area (Å²) in [5.41, 5.74) is 2.18. The number of hydrogen-bond donors (Lipinski definition) is 2. The normalized spacial score (nSPS) is 12.4. The second-order valence-corrected chi connectivity index (χ2v) is 5.33. The van der Waals surface area contributed by atoms with Gasteiger partial charge in [-0.3, -0.25) is 4.79 Å². The van der Waals surface area contributed by atoms with E-state index in [9.17, 15) is 4.79 Å². The number of anilines is 1. The van der Waals surface area contributed by atoms with E-state index >= 15 is 0 Å². The van der Waals surface area contributed by atoms with Crippen LogP contribution in [-0.2, 0) is 0 Å². The van der Waals surface area contributed by atoms with Gasteiger partial charge in [-0.25, -0.2) is 4.98 Å². The number of nitrogens with one attached hydrogen (secondary N) is 2. The highest BCUT2D eigenvalue weighted by molar-refractivity contribution is 5.99. The van der Waals surface area contributed by atoms with Crippen molar-refractivity contribution in [2.45, 2.75) is 26.8 Å². The second-order valence-electron chi connectivity index (χ2n) is 5.33. The first kappa shape index (κ1) is 14.3. The molecule has 2 N–H and O–H groups in total. The Balaban J connectivity index is 2.37. The molecule has 106 valence electrons. The highest BCUT2D eigenvalue weighted by Crippen LogP contribution is 2.22. The standard InChI is InChI=1S/C16H21N3O/c1-10(2)11(3)18-16(20)15-9-14(17-4)12-7-5-6-8-13(12)19-15/h5-11H,1-4H3,(H,17,19)(H,18,20). The fourth-order valence-electron chi connectivity index (χ4n) is 1.95. The first-order valence-corrected chi connectivity index (χ1v) is 6.91. The molecule has 20 heavy (non-hydrogen) atoms. The first-order valence-electron chi connectivity index (χ1n) is 6.91.